The van der Waals surface area contributed by atoms with Crippen molar-refractivity contribution >= 4 is 5.97 Å². The molecule has 1 aromatic carbocycles. The van der Waals surface area contributed by atoms with Crippen LogP contribution in [0.4, 0.5) is 13.2 Å². The van der Waals surface area contributed by atoms with E-state index < -0.39 is 12.1 Å². The second kappa shape index (κ2) is 7.34. The summed E-state index contributed by atoms with van der Waals surface area (Å²) in [5.74, 6) is -1.97. The molecule has 0 unspecified atom stereocenters. The lowest BCUT2D eigenvalue weighted by atomic mass is 9.75. The Kier molecular flexibility index (Phi) is 6.22. The van der Waals surface area contributed by atoms with Crippen LogP contribution in [-0.2, 0) is 10.2 Å². The van der Waals surface area contributed by atoms with E-state index in [4.69, 9.17) is 9.90 Å². The number of carbonyl (C=O) groups is 1. The largest absolute Gasteiger partial charge is 0.490 e. The third kappa shape index (κ3) is 5.86. The van der Waals surface area contributed by atoms with Crippen molar-refractivity contribution in [3.63, 3.8) is 0 Å². The molecule has 1 aliphatic rings. The van der Waals surface area contributed by atoms with Crippen LogP contribution in [0.1, 0.15) is 50.7 Å². The van der Waals surface area contributed by atoms with E-state index in [0.717, 1.165) is 12.0 Å². The van der Waals surface area contributed by atoms with Crippen molar-refractivity contribution in [2.75, 3.05) is 7.05 Å². The Balaban J connectivity index is 0.000000322. The van der Waals surface area contributed by atoms with Crippen molar-refractivity contribution in [1.29, 1.82) is 0 Å². The van der Waals surface area contributed by atoms with E-state index in [1.807, 2.05) is 0 Å². The summed E-state index contributed by atoms with van der Waals surface area (Å²) in [6.07, 6.45) is -2.49. The smallest absolute Gasteiger partial charge is 0.475 e. The average Bonchev–Trinajstić information content (AvgIpc) is 2.36. The number of rotatable bonds is 2. The first-order chi connectivity index (χ1) is 10.4. The van der Waals surface area contributed by atoms with Gasteiger partial charge >= 0.3 is 12.1 Å². The van der Waals surface area contributed by atoms with E-state index in [0.29, 0.717) is 0 Å². The molecular weight excluding hydrogens is 307 g/mol. The number of carboxylic acids is 1. The fourth-order valence-corrected chi connectivity index (χ4v) is 2.38. The number of hydrogen-bond acceptors (Lipinski definition) is 2. The zero-order chi connectivity index (χ0) is 17.8. The molecule has 2 rings (SSSR count). The van der Waals surface area contributed by atoms with Crippen molar-refractivity contribution in [3.8, 4) is 0 Å². The van der Waals surface area contributed by atoms with Crippen LogP contribution in [0, 0.1) is 0 Å². The molecule has 0 heterocycles. The van der Waals surface area contributed by atoms with Gasteiger partial charge in [0.15, 0.2) is 0 Å². The quantitative estimate of drug-likeness (QED) is 0.858. The van der Waals surface area contributed by atoms with Crippen LogP contribution in [0.3, 0.4) is 0 Å². The predicted molar refractivity (Wildman–Crippen MR) is 83.7 cm³/mol. The highest BCUT2D eigenvalue weighted by Gasteiger charge is 2.38. The molecule has 0 aliphatic heterocycles. The van der Waals surface area contributed by atoms with Gasteiger partial charge in [0.2, 0.25) is 0 Å². The molecular formula is C17H24F3NO2. The lowest BCUT2D eigenvalue weighted by molar-refractivity contribution is -0.192. The van der Waals surface area contributed by atoms with E-state index in [1.165, 1.54) is 24.0 Å². The Morgan fingerprint density at radius 3 is 1.87 bits per heavy atom. The fourth-order valence-electron chi connectivity index (χ4n) is 2.38. The Morgan fingerprint density at radius 2 is 1.57 bits per heavy atom. The zero-order valence-corrected chi connectivity index (χ0v) is 13.9. The normalized spacial score (nSPS) is 21.0. The summed E-state index contributed by atoms with van der Waals surface area (Å²) >= 11 is 0. The Hall–Kier alpha value is -1.56. The molecule has 1 aliphatic carbocycles. The Bertz CT molecular complexity index is 512. The maximum Gasteiger partial charge on any atom is 0.490 e. The predicted octanol–water partition coefficient (Wildman–Crippen LogP) is 4.08. The van der Waals surface area contributed by atoms with E-state index in [9.17, 15) is 13.2 Å². The van der Waals surface area contributed by atoms with Gasteiger partial charge in [0.05, 0.1) is 0 Å². The van der Waals surface area contributed by atoms with Crippen LogP contribution < -0.4 is 5.32 Å². The number of hydrogen-bond donors (Lipinski definition) is 2. The van der Waals surface area contributed by atoms with Crippen LogP contribution in [0.25, 0.3) is 0 Å². The van der Waals surface area contributed by atoms with Crippen molar-refractivity contribution in [2.24, 2.45) is 0 Å². The minimum absolute atomic E-state index is 0.269. The van der Waals surface area contributed by atoms with Gasteiger partial charge in [0.1, 0.15) is 0 Å². The van der Waals surface area contributed by atoms with Crippen LogP contribution >= 0.6 is 0 Å². The second-order valence-corrected chi connectivity index (χ2v) is 6.83. The topological polar surface area (TPSA) is 49.3 Å². The van der Waals surface area contributed by atoms with Crippen LogP contribution in [-0.4, -0.2) is 30.3 Å². The van der Waals surface area contributed by atoms with E-state index >= 15 is 0 Å². The summed E-state index contributed by atoms with van der Waals surface area (Å²) in [6.45, 7) is 6.80. The van der Waals surface area contributed by atoms with Crippen molar-refractivity contribution in [2.45, 2.75) is 57.2 Å². The number of aliphatic carboxylic acids is 1. The van der Waals surface area contributed by atoms with Gasteiger partial charge in [-0.1, -0.05) is 45.0 Å². The van der Waals surface area contributed by atoms with E-state index in [2.05, 4.69) is 57.4 Å². The van der Waals surface area contributed by atoms with Gasteiger partial charge in [-0.3, -0.25) is 0 Å². The lowest BCUT2D eigenvalue weighted by Crippen LogP contribution is -2.37. The highest BCUT2D eigenvalue weighted by Crippen LogP contribution is 2.37. The third-order valence-electron chi connectivity index (χ3n) is 4.04. The molecule has 0 amide bonds. The maximum atomic E-state index is 10.6. The van der Waals surface area contributed by atoms with Gasteiger partial charge in [-0.2, -0.15) is 13.2 Å². The van der Waals surface area contributed by atoms with E-state index in [1.54, 1.807) is 0 Å². The van der Waals surface area contributed by atoms with Crippen molar-refractivity contribution in [1.82, 2.24) is 5.32 Å². The first-order valence-corrected chi connectivity index (χ1v) is 7.53. The number of carboxylic acid groups (broad SMARTS) is 1. The Labute approximate surface area is 134 Å². The molecule has 6 heteroatoms. The van der Waals surface area contributed by atoms with Crippen molar-refractivity contribution < 1.29 is 23.1 Å². The molecule has 2 N–H and O–H groups in total. The molecule has 0 aromatic heterocycles. The minimum Gasteiger partial charge on any atom is -0.475 e. The van der Waals surface area contributed by atoms with Crippen LogP contribution in [0.15, 0.2) is 24.3 Å². The molecule has 3 nitrogen and oxygen atoms in total. The average molecular weight is 331 g/mol. The molecule has 1 saturated carbocycles. The molecule has 0 spiro atoms. The summed E-state index contributed by atoms with van der Waals surface area (Å²) in [6, 6.07) is 9.96. The first kappa shape index (κ1) is 19.5. The van der Waals surface area contributed by atoms with Gasteiger partial charge in [-0.15, -0.1) is 0 Å². The minimum atomic E-state index is -5.08. The standard InChI is InChI=1S/C15H23N.C2HF3O2/c1-15(2,3)13-7-5-11(6-8-13)12-9-14(10-12)16-4;3-2(4,5)1(6)7/h5-8,12,14,16H,9-10H2,1-4H3;(H,6,7). The molecule has 1 fully saturated rings. The first-order valence-electron chi connectivity index (χ1n) is 7.53. The van der Waals surface area contributed by atoms with Gasteiger partial charge in [-0.05, 0) is 42.3 Å². The Morgan fingerprint density at radius 1 is 1.13 bits per heavy atom. The molecule has 0 radical (unpaired) electrons. The molecule has 0 atom stereocenters. The summed E-state index contributed by atoms with van der Waals surface area (Å²) in [7, 11) is 2.06. The lowest BCUT2D eigenvalue weighted by Gasteiger charge is -2.35. The van der Waals surface area contributed by atoms with Gasteiger partial charge in [0.25, 0.3) is 0 Å². The highest BCUT2D eigenvalue weighted by molar-refractivity contribution is 5.73. The van der Waals surface area contributed by atoms with Gasteiger partial charge in [-0.25, -0.2) is 4.79 Å². The number of alkyl halides is 3. The molecule has 0 saturated heterocycles. The zero-order valence-electron chi connectivity index (χ0n) is 13.9. The SMILES string of the molecule is CNC1CC(c2ccc(C(C)(C)C)cc2)C1.O=C(O)C(F)(F)F. The highest BCUT2D eigenvalue weighted by atomic mass is 19.4. The van der Waals surface area contributed by atoms with Crippen molar-refractivity contribution in [3.05, 3.63) is 35.4 Å². The number of halogens is 3. The summed E-state index contributed by atoms with van der Waals surface area (Å²) in [4.78, 5) is 8.90. The fraction of sp³-hybridized carbons (Fsp3) is 0.588. The molecule has 0 bridgehead atoms. The monoisotopic (exact) mass is 331 g/mol. The summed E-state index contributed by atoms with van der Waals surface area (Å²) < 4.78 is 31.7. The van der Waals surface area contributed by atoms with Crippen LogP contribution in [0.2, 0.25) is 0 Å². The summed E-state index contributed by atoms with van der Waals surface area (Å²) in [5.41, 5.74) is 3.21. The number of nitrogens with one attached hydrogen (secondary N) is 1. The summed E-state index contributed by atoms with van der Waals surface area (Å²) in [5, 5.41) is 10.5. The van der Waals surface area contributed by atoms with Crippen LogP contribution in [0.5, 0.6) is 0 Å². The third-order valence-corrected chi connectivity index (χ3v) is 4.04. The molecule has 23 heavy (non-hydrogen) atoms. The van der Waals surface area contributed by atoms with Gasteiger partial charge < -0.3 is 10.4 Å². The maximum absolute atomic E-state index is 10.6. The second-order valence-electron chi connectivity index (χ2n) is 6.83. The number of benzene rings is 1. The molecule has 130 valence electrons. The van der Waals surface area contributed by atoms with Gasteiger partial charge in [0, 0.05) is 6.04 Å². The van der Waals surface area contributed by atoms with E-state index in [-0.39, 0.29) is 5.41 Å². The molecule has 1 aromatic rings.